The highest BCUT2D eigenvalue weighted by atomic mass is 32.1. The van der Waals surface area contributed by atoms with Crippen molar-refractivity contribution in [2.75, 3.05) is 26.3 Å². The zero-order valence-corrected chi connectivity index (χ0v) is 23.4. The van der Waals surface area contributed by atoms with Crippen LogP contribution in [-0.4, -0.2) is 66.6 Å². The molecule has 2 aromatic carbocycles. The molecule has 5 rings (SSSR count). The normalized spacial score (nSPS) is 18.2. The van der Waals surface area contributed by atoms with Crippen molar-refractivity contribution in [3.05, 3.63) is 81.5 Å². The molecule has 1 aromatic heterocycles. The molecule has 5 N–H and O–H groups in total. The number of likely N-dealkylation sites (tertiary alicyclic amines) is 1. The number of halogens is 2. The number of benzene rings is 2. The lowest BCUT2D eigenvalue weighted by atomic mass is 10.0. The number of nitrogens with two attached hydrogens (primary N) is 1. The standard InChI is InChI=1S/C29H29F2N5O5S/c1-16(24-10-19(14-42-24)26(32)33)35-28(39)23-12-29(40-8-9-41-29)15-36(23)25(37)13-34-27(38)18-4-2-17(3-5-18)21-7-6-20(30)11-22(21)31/h2-7,10-11,14,16,23H,8-9,12-13,15H2,1H3,(H3,32,33)(H,34,38)(H,35,39)/t16?,23-/m0/s1. The number of nitrogens with zero attached hydrogens (tertiary/aromatic N) is 1. The van der Waals surface area contributed by atoms with Gasteiger partial charge in [-0.3, -0.25) is 19.8 Å². The summed E-state index contributed by atoms with van der Waals surface area (Å²) in [5.74, 6) is -4.01. The van der Waals surface area contributed by atoms with E-state index in [4.69, 9.17) is 20.6 Å². The van der Waals surface area contributed by atoms with Crippen LogP contribution in [0.2, 0.25) is 0 Å². The summed E-state index contributed by atoms with van der Waals surface area (Å²) in [6.45, 7) is 2.12. The first kappa shape index (κ1) is 29.3. The minimum atomic E-state index is -1.10. The third-order valence-electron chi connectivity index (χ3n) is 7.23. The molecule has 3 heterocycles. The molecule has 2 saturated heterocycles. The van der Waals surface area contributed by atoms with Crippen molar-refractivity contribution in [1.29, 1.82) is 5.41 Å². The Labute approximate surface area is 244 Å². The Hall–Kier alpha value is -4.20. The van der Waals surface area contributed by atoms with Crippen LogP contribution in [0.15, 0.2) is 53.9 Å². The van der Waals surface area contributed by atoms with E-state index in [1.165, 1.54) is 46.6 Å². The second-order valence-corrected chi connectivity index (χ2v) is 11.1. The zero-order chi connectivity index (χ0) is 30.0. The molecule has 2 aliphatic rings. The van der Waals surface area contributed by atoms with Gasteiger partial charge in [-0.1, -0.05) is 12.1 Å². The molecular weight excluding hydrogens is 568 g/mol. The molecule has 3 aromatic rings. The van der Waals surface area contributed by atoms with E-state index in [9.17, 15) is 23.2 Å². The summed E-state index contributed by atoms with van der Waals surface area (Å²) < 4.78 is 38.9. The summed E-state index contributed by atoms with van der Waals surface area (Å²) in [5.41, 5.74) is 7.00. The highest BCUT2D eigenvalue weighted by Gasteiger charge is 2.52. The van der Waals surface area contributed by atoms with Crippen LogP contribution < -0.4 is 16.4 Å². The fourth-order valence-electron chi connectivity index (χ4n) is 5.03. The molecule has 3 amide bonds. The first-order chi connectivity index (χ1) is 20.0. The summed E-state index contributed by atoms with van der Waals surface area (Å²) in [5, 5.41) is 14.8. The Morgan fingerprint density at radius 2 is 1.83 bits per heavy atom. The van der Waals surface area contributed by atoms with E-state index in [2.05, 4.69) is 10.6 Å². The summed E-state index contributed by atoms with van der Waals surface area (Å²) in [7, 11) is 0. The van der Waals surface area contributed by atoms with Crippen molar-refractivity contribution in [2.45, 2.75) is 31.2 Å². The van der Waals surface area contributed by atoms with Crippen molar-refractivity contribution in [2.24, 2.45) is 5.73 Å². The van der Waals surface area contributed by atoms with Gasteiger partial charge in [-0.2, -0.15) is 0 Å². The van der Waals surface area contributed by atoms with Crippen molar-refractivity contribution in [1.82, 2.24) is 15.5 Å². The van der Waals surface area contributed by atoms with Crippen LogP contribution >= 0.6 is 11.3 Å². The fraction of sp³-hybridized carbons (Fsp3) is 0.310. The van der Waals surface area contributed by atoms with Gasteiger partial charge < -0.3 is 30.7 Å². The molecule has 10 nitrogen and oxygen atoms in total. The smallest absolute Gasteiger partial charge is 0.251 e. The number of ether oxygens (including phenoxy) is 2. The van der Waals surface area contributed by atoms with E-state index < -0.39 is 47.2 Å². The van der Waals surface area contributed by atoms with Gasteiger partial charge in [0, 0.05) is 39.4 Å². The predicted molar refractivity (Wildman–Crippen MR) is 151 cm³/mol. The summed E-state index contributed by atoms with van der Waals surface area (Å²) >= 11 is 1.36. The van der Waals surface area contributed by atoms with Gasteiger partial charge in [0.2, 0.25) is 11.8 Å². The molecule has 0 aliphatic carbocycles. The molecule has 220 valence electrons. The summed E-state index contributed by atoms with van der Waals surface area (Å²) in [6, 6.07) is 9.69. The first-order valence-corrected chi connectivity index (χ1v) is 14.1. The molecular formula is C29H29F2N5O5S. The number of carbonyl (C=O) groups is 3. The van der Waals surface area contributed by atoms with E-state index in [0.717, 1.165) is 17.0 Å². The highest BCUT2D eigenvalue weighted by molar-refractivity contribution is 7.10. The van der Waals surface area contributed by atoms with Crippen LogP contribution in [-0.2, 0) is 19.1 Å². The first-order valence-electron chi connectivity index (χ1n) is 13.2. The lowest BCUT2D eigenvalue weighted by Gasteiger charge is -2.25. The van der Waals surface area contributed by atoms with Crippen LogP contribution in [0.5, 0.6) is 0 Å². The third kappa shape index (κ3) is 6.17. The number of hydrogen-bond donors (Lipinski definition) is 4. The molecule has 2 atom stereocenters. The van der Waals surface area contributed by atoms with Crippen molar-refractivity contribution < 1.29 is 32.6 Å². The van der Waals surface area contributed by atoms with Crippen LogP contribution in [0.4, 0.5) is 8.78 Å². The summed E-state index contributed by atoms with van der Waals surface area (Å²) in [6.07, 6.45) is 0.135. The predicted octanol–water partition coefficient (Wildman–Crippen LogP) is 2.93. The van der Waals surface area contributed by atoms with Crippen LogP contribution in [0.1, 0.15) is 40.2 Å². The van der Waals surface area contributed by atoms with Gasteiger partial charge in [-0.15, -0.1) is 11.3 Å². The van der Waals surface area contributed by atoms with Crippen LogP contribution in [0, 0.1) is 17.0 Å². The van der Waals surface area contributed by atoms with Crippen molar-refractivity contribution in [3.8, 4) is 11.1 Å². The monoisotopic (exact) mass is 597 g/mol. The van der Waals surface area contributed by atoms with Crippen molar-refractivity contribution >= 4 is 34.9 Å². The second-order valence-electron chi connectivity index (χ2n) is 10.1. The van der Waals surface area contributed by atoms with Gasteiger partial charge >= 0.3 is 0 Å². The average molecular weight is 598 g/mol. The van der Waals surface area contributed by atoms with Gasteiger partial charge in [0.1, 0.15) is 23.5 Å². The number of rotatable bonds is 8. The largest absolute Gasteiger partial charge is 0.384 e. The molecule has 0 radical (unpaired) electrons. The van der Waals surface area contributed by atoms with Crippen molar-refractivity contribution in [3.63, 3.8) is 0 Å². The van der Waals surface area contributed by atoms with E-state index in [0.29, 0.717) is 24.3 Å². The molecule has 2 aliphatic heterocycles. The van der Waals surface area contributed by atoms with Gasteiger partial charge in [0.25, 0.3) is 5.91 Å². The number of hydrogen-bond acceptors (Lipinski definition) is 7. The number of nitrogen functional groups attached to an aromatic ring is 1. The zero-order valence-electron chi connectivity index (χ0n) is 22.6. The molecule has 1 unspecified atom stereocenters. The van der Waals surface area contributed by atoms with E-state index in [1.54, 1.807) is 18.4 Å². The molecule has 42 heavy (non-hydrogen) atoms. The summed E-state index contributed by atoms with van der Waals surface area (Å²) in [4.78, 5) is 41.6. The lowest BCUT2D eigenvalue weighted by Crippen LogP contribution is -2.49. The van der Waals surface area contributed by atoms with Crippen LogP contribution in [0.3, 0.4) is 0 Å². The van der Waals surface area contributed by atoms with Gasteiger partial charge in [0.15, 0.2) is 5.79 Å². The fourth-order valence-corrected chi connectivity index (χ4v) is 5.94. The maximum Gasteiger partial charge on any atom is 0.251 e. The maximum atomic E-state index is 14.1. The SMILES string of the molecule is CC(NC(=O)[C@@H]1CC2(CN1C(=O)CNC(=O)c1ccc(-c3ccc(F)cc3F)cc1)OCCO2)c1cc(C(=N)N)cs1. The lowest BCUT2D eigenvalue weighted by molar-refractivity contribution is -0.152. The molecule has 0 bridgehead atoms. The number of amides is 3. The minimum Gasteiger partial charge on any atom is -0.384 e. The number of nitrogens with one attached hydrogen (secondary N) is 3. The Morgan fingerprint density at radius 3 is 2.48 bits per heavy atom. The number of carbonyl (C=O) groups excluding carboxylic acids is 3. The Balaban J connectivity index is 1.23. The van der Waals surface area contributed by atoms with E-state index in [1.807, 2.05) is 0 Å². The average Bonchev–Trinajstić information content (AvgIpc) is 3.72. The third-order valence-corrected chi connectivity index (χ3v) is 8.35. The van der Waals surface area contributed by atoms with Gasteiger partial charge in [-0.05, 0) is 42.8 Å². The Bertz CT molecular complexity index is 1520. The molecule has 0 saturated carbocycles. The number of amidine groups is 1. The highest BCUT2D eigenvalue weighted by Crippen LogP contribution is 2.35. The number of thiophene rings is 1. The van der Waals surface area contributed by atoms with Crippen LogP contribution in [0.25, 0.3) is 11.1 Å². The topological polar surface area (TPSA) is 147 Å². The molecule has 2 fully saturated rings. The maximum absolute atomic E-state index is 14.1. The minimum absolute atomic E-state index is 0.0274. The Morgan fingerprint density at radius 1 is 1.12 bits per heavy atom. The van der Waals surface area contributed by atoms with E-state index in [-0.39, 0.29) is 36.5 Å². The molecule has 1 spiro atoms. The quantitative estimate of drug-likeness (QED) is 0.232. The van der Waals surface area contributed by atoms with Gasteiger partial charge in [-0.25, -0.2) is 8.78 Å². The van der Waals surface area contributed by atoms with Gasteiger partial charge in [0.05, 0.1) is 32.3 Å². The Kier molecular flexibility index (Phi) is 8.34. The van der Waals surface area contributed by atoms with E-state index >= 15 is 0 Å². The molecule has 13 heteroatoms. The second kappa shape index (κ2) is 12.0.